The Kier molecular flexibility index (Phi) is 2.81. The Morgan fingerprint density at radius 1 is 1.42 bits per heavy atom. The second-order valence-corrected chi connectivity index (χ2v) is 4.61. The van der Waals surface area contributed by atoms with E-state index in [4.69, 9.17) is 0 Å². The van der Waals surface area contributed by atoms with E-state index in [0.29, 0.717) is 5.82 Å². The van der Waals surface area contributed by atoms with Crippen molar-refractivity contribution in [2.45, 2.75) is 6.04 Å². The summed E-state index contributed by atoms with van der Waals surface area (Å²) in [5.74, 6) is 0.318. The Labute approximate surface area is 110 Å². The van der Waals surface area contributed by atoms with Gasteiger partial charge < -0.3 is 15.6 Å². The van der Waals surface area contributed by atoms with Crippen LogP contribution in [0.4, 0.5) is 5.82 Å². The zero-order valence-corrected chi connectivity index (χ0v) is 10.5. The fraction of sp³-hybridized carbons (Fsp3) is 0.231. The highest BCUT2D eigenvalue weighted by Crippen LogP contribution is 2.27. The predicted octanol–water partition coefficient (Wildman–Crippen LogP) is -0.156. The third-order valence-electron chi connectivity index (χ3n) is 3.33. The number of carbonyl (C=O) groups excluding carboxylic acids is 1. The molecule has 19 heavy (non-hydrogen) atoms. The standard InChI is InChI=1S/C13H14N4O2/c1-16-13-10(7-14-16)12(9-5-3-2-4-6-9)17(19)8-11(18)15-13/h2-7,12,17H,8H2,1H3,(H,15,18). The number of aromatic nitrogens is 2. The van der Waals surface area contributed by atoms with Crippen LogP contribution in [-0.4, -0.2) is 22.2 Å². The number of carbonyl (C=O) groups is 1. The lowest BCUT2D eigenvalue weighted by molar-refractivity contribution is -0.866. The van der Waals surface area contributed by atoms with E-state index in [-0.39, 0.29) is 17.5 Å². The van der Waals surface area contributed by atoms with E-state index in [1.54, 1.807) is 17.9 Å². The van der Waals surface area contributed by atoms with Gasteiger partial charge in [-0.2, -0.15) is 5.10 Å². The molecule has 1 aliphatic heterocycles. The van der Waals surface area contributed by atoms with Crippen LogP contribution in [0.25, 0.3) is 0 Å². The summed E-state index contributed by atoms with van der Waals surface area (Å²) in [7, 11) is 1.75. The van der Waals surface area contributed by atoms with E-state index in [1.165, 1.54) is 0 Å². The molecule has 0 bridgehead atoms. The quantitative estimate of drug-likeness (QED) is 0.698. The molecule has 3 rings (SSSR count). The Hall–Kier alpha value is -2.18. The zero-order valence-electron chi connectivity index (χ0n) is 10.5. The van der Waals surface area contributed by atoms with Crippen LogP contribution < -0.4 is 10.4 Å². The SMILES string of the molecule is Cn1ncc2c1NC(=O)C[NH+]([O-])C2c1ccccc1. The highest BCUT2D eigenvalue weighted by Gasteiger charge is 2.31. The first-order chi connectivity index (χ1) is 9.16. The number of amides is 1. The molecule has 0 saturated heterocycles. The topological polar surface area (TPSA) is 74.4 Å². The first kappa shape index (κ1) is 11.9. The maximum atomic E-state index is 12.3. The van der Waals surface area contributed by atoms with Gasteiger partial charge in [0.1, 0.15) is 11.9 Å². The van der Waals surface area contributed by atoms with E-state index in [0.717, 1.165) is 11.1 Å². The van der Waals surface area contributed by atoms with Crippen LogP contribution in [0.2, 0.25) is 0 Å². The number of nitrogens with one attached hydrogen (secondary N) is 2. The van der Waals surface area contributed by atoms with Gasteiger partial charge in [0.05, 0.1) is 11.8 Å². The lowest BCUT2D eigenvalue weighted by atomic mass is 10.0. The highest BCUT2D eigenvalue weighted by molar-refractivity contribution is 5.92. The number of aryl methyl sites for hydroxylation is 1. The monoisotopic (exact) mass is 258 g/mol. The Balaban J connectivity index is 2.14. The summed E-state index contributed by atoms with van der Waals surface area (Å²) in [6.45, 7) is -0.103. The van der Waals surface area contributed by atoms with Gasteiger partial charge in [0, 0.05) is 12.6 Å². The summed E-state index contributed by atoms with van der Waals surface area (Å²) >= 11 is 0. The summed E-state index contributed by atoms with van der Waals surface area (Å²) in [5, 5.41) is 19.1. The van der Waals surface area contributed by atoms with Gasteiger partial charge in [-0.25, -0.2) is 0 Å². The third kappa shape index (κ3) is 2.00. The van der Waals surface area contributed by atoms with Crippen LogP contribution in [0.15, 0.2) is 36.5 Å². The lowest BCUT2D eigenvalue weighted by Gasteiger charge is -2.28. The Morgan fingerprint density at radius 3 is 2.89 bits per heavy atom. The van der Waals surface area contributed by atoms with E-state index >= 15 is 0 Å². The van der Waals surface area contributed by atoms with Crippen molar-refractivity contribution >= 4 is 11.7 Å². The number of hydroxylamine groups is 2. The van der Waals surface area contributed by atoms with Crippen LogP contribution in [-0.2, 0) is 11.8 Å². The number of quaternary nitrogens is 1. The van der Waals surface area contributed by atoms with Crippen LogP contribution in [0.5, 0.6) is 0 Å². The fourth-order valence-corrected chi connectivity index (χ4v) is 2.44. The van der Waals surface area contributed by atoms with Crippen molar-refractivity contribution in [2.75, 3.05) is 11.9 Å². The molecule has 0 radical (unpaired) electrons. The van der Waals surface area contributed by atoms with Crippen LogP contribution in [0.1, 0.15) is 17.2 Å². The maximum absolute atomic E-state index is 12.3. The molecule has 1 aromatic heterocycles. The van der Waals surface area contributed by atoms with Gasteiger partial charge in [-0.1, -0.05) is 30.3 Å². The Bertz CT molecular complexity index is 608. The average Bonchev–Trinajstić information content (AvgIpc) is 2.67. The molecule has 0 fully saturated rings. The molecule has 2 N–H and O–H groups in total. The minimum absolute atomic E-state index is 0.101. The van der Waals surface area contributed by atoms with Crippen LogP contribution >= 0.6 is 0 Å². The number of hydrogen-bond donors (Lipinski definition) is 2. The smallest absolute Gasteiger partial charge is 0.281 e. The molecular formula is C13H14N4O2. The van der Waals surface area contributed by atoms with Crippen molar-refractivity contribution in [1.29, 1.82) is 0 Å². The first-order valence-corrected chi connectivity index (χ1v) is 6.06. The van der Waals surface area contributed by atoms with Gasteiger partial charge in [0.15, 0.2) is 6.54 Å². The molecule has 2 aromatic rings. The predicted molar refractivity (Wildman–Crippen MR) is 69.3 cm³/mol. The van der Waals surface area contributed by atoms with Crippen molar-refractivity contribution in [3.63, 3.8) is 0 Å². The largest absolute Gasteiger partial charge is 0.633 e. The normalized spacial score (nSPS) is 22.5. The zero-order chi connectivity index (χ0) is 13.4. The number of anilines is 1. The summed E-state index contributed by atoms with van der Waals surface area (Å²) in [4.78, 5) is 11.7. The molecule has 2 heterocycles. The fourth-order valence-electron chi connectivity index (χ4n) is 2.44. The minimum Gasteiger partial charge on any atom is -0.633 e. The molecule has 2 atom stereocenters. The lowest BCUT2D eigenvalue weighted by Crippen LogP contribution is -3.08. The molecule has 1 aliphatic rings. The molecule has 0 saturated carbocycles. The van der Waals surface area contributed by atoms with Crippen LogP contribution in [0.3, 0.4) is 0 Å². The van der Waals surface area contributed by atoms with Gasteiger partial charge >= 0.3 is 0 Å². The number of fused-ring (bicyclic) bond motifs is 1. The molecule has 1 aromatic carbocycles. The molecule has 6 heteroatoms. The summed E-state index contributed by atoms with van der Waals surface area (Å²) in [6.07, 6.45) is 1.65. The average molecular weight is 258 g/mol. The van der Waals surface area contributed by atoms with Gasteiger partial charge in [0.2, 0.25) is 0 Å². The molecule has 0 aliphatic carbocycles. The van der Waals surface area contributed by atoms with E-state index in [2.05, 4.69) is 10.4 Å². The molecule has 6 nitrogen and oxygen atoms in total. The molecule has 0 spiro atoms. The highest BCUT2D eigenvalue weighted by atomic mass is 16.5. The minimum atomic E-state index is -0.427. The van der Waals surface area contributed by atoms with Crippen molar-refractivity contribution < 1.29 is 9.86 Å². The molecule has 1 amide bonds. The van der Waals surface area contributed by atoms with Gasteiger partial charge in [0.25, 0.3) is 5.91 Å². The molecular weight excluding hydrogens is 244 g/mol. The van der Waals surface area contributed by atoms with Crippen molar-refractivity contribution in [1.82, 2.24) is 9.78 Å². The van der Waals surface area contributed by atoms with Crippen molar-refractivity contribution in [3.8, 4) is 0 Å². The van der Waals surface area contributed by atoms with Gasteiger partial charge in [-0.05, 0) is 0 Å². The van der Waals surface area contributed by atoms with Crippen molar-refractivity contribution in [2.24, 2.45) is 7.05 Å². The van der Waals surface area contributed by atoms with Gasteiger partial charge in [-0.15, -0.1) is 0 Å². The number of rotatable bonds is 1. The number of benzene rings is 1. The molecule has 2 unspecified atom stereocenters. The Morgan fingerprint density at radius 2 is 2.16 bits per heavy atom. The van der Waals surface area contributed by atoms with Crippen molar-refractivity contribution in [3.05, 3.63) is 52.9 Å². The second-order valence-electron chi connectivity index (χ2n) is 4.61. The number of hydrogen-bond acceptors (Lipinski definition) is 3. The summed E-state index contributed by atoms with van der Waals surface area (Å²) in [5.41, 5.74) is 1.64. The third-order valence-corrected chi connectivity index (χ3v) is 3.33. The first-order valence-electron chi connectivity index (χ1n) is 6.06. The summed E-state index contributed by atoms with van der Waals surface area (Å²) < 4.78 is 1.59. The van der Waals surface area contributed by atoms with E-state index < -0.39 is 6.04 Å². The number of nitrogens with zero attached hydrogens (tertiary/aromatic N) is 2. The maximum Gasteiger partial charge on any atom is 0.281 e. The summed E-state index contributed by atoms with van der Waals surface area (Å²) in [6, 6.07) is 9.05. The van der Waals surface area contributed by atoms with Crippen LogP contribution in [0, 0.1) is 5.21 Å². The molecule has 98 valence electrons. The van der Waals surface area contributed by atoms with Gasteiger partial charge in [-0.3, -0.25) is 9.48 Å². The van der Waals surface area contributed by atoms with E-state index in [9.17, 15) is 10.0 Å². The van der Waals surface area contributed by atoms with E-state index in [1.807, 2.05) is 30.3 Å². The second kappa shape index (κ2) is 4.49.